The summed E-state index contributed by atoms with van der Waals surface area (Å²) >= 11 is 9.54. The molecule has 0 aromatic carbocycles. The standard InChI is InChI=1S/C8H9BrN2OS2/c9-5-1-6(14-4-5)3-11-8(12)2-7(10)13/h1,4H,2-3H2,(H2,10,13)(H,11,12). The molecule has 0 unspecified atom stereocenters. The lowest BCUT2D eigenvalue weighted by molar-refractivity contribution is -0.120. The van der Waals surface area contributed by atoms with Crippen LogP contribution >= 0.6 is 39.5 Å². The molecule has 0 saturated carbocycles. The minimum absolute atomic E-state index is 0.113. The maximum atomic E-state index is 11.1. The first-order valence-electron chi connectivity index (χ1n) is 3.86. The Kier molecular flexibility index (Phi) is 4.50. The van der Waals surface area contributed by atoms with Gasteiger partial charge in [0.2, 0.25) is 5.91 Å². The van der Waals surface area contributed by atoms with Crippen LogP contribution < -0.4 is 11.1 Å². The normalized spacial score (nSPS) is 9.79. The minimum Gasteiger partial charge on any atom is -0.393 e. The second-order valence-electron chi connectivity index (χ2n) is 2.65. The van der Waals surface area contributed by atoms with Gasteiger partial charge in [-0.2, -0.15) is 0 Å². The van der Waals surface area contributed by atoms with Crippen LogP contribution in [0.4, 0.5) is 0 Å². The molecule has 3 nitrogen and oxygen atoms in total. The number of thiocarbonyl (C=S) groups is 1. The Morgan fingerprint density at radius 2 is 2.43 bits per heavy atom. The zero-order chi connectivity index (χ0) is 10.6. The van der Waals surface area contributed by atoms with Crippen molar-refractivity contribution in [3.05, 3.63) is 20.8 Å². The van der Waals surface area contributed by atoms with Gasteiger partial charge in [-0.05, 0) is 22.0 Å². The number of carbonyl (C=O) groups is 1. The highest BCUT2D eigenvalue weighted by Gasteiger charge is 2.03. The third kappa shape index (κ3) is 4.17. The number of carbonyl (C=O) groups excluding carboxylic acids is 1. The van der Waals surface area contributed by atoms with Crippen LogP contribution in [0, 0.1) is 0 Å². The monoisotopic (exact) mass is 292 g/mol. The summed E-state index contributed by atoms with van der Waals surface area (Å²) in [5.74, 6) is -0.137. The van der Waals surface area contributed by atoms with Crippen molar-refractivity contribution >= 4 is 50.4 Å². The SMILES string of the molecule is NC(=S)CC(=O)NCc1cc(Br)cs1. The number of halogens is 1. The fourth-order valence-corrected chi connectivity index (χ4v) is 2.37. The van der Waals surface area contributed by atoms with Crippen molar-refractivity contribution in [2.75, 3.05) is 0 Å². The van der Waals surface area contributed by atoms with Crippen LogP contribution in [0.15, 0.2) is 15.9 Å². The van der Waals surface area contributed by atoms with E-state index in [1.807, 2.05) is 11.4 Å². The number of nitrogens with one attached hydrogen (secondary N) is 1. The molecule has 1 aromatic rings. The molecule has 0 radical (unpaired) electrons. The molecule has 0 saturated heterocycles. The number of amides is 1. The van der Waals surface area contributed by atoms with Gasteiger partial charge >= 0.3 is 0 Å². The van der Waals surface area contributed by atoms with Gasteiger partial charge < -0.3 is 11.1 Å². The molecule has 0 aliphatic heterocycles. The molecule has 14 heavy (non-hydrogen) atoms. The molecule has 1 aromatic heterocycles. The molecule has 6 heteroatoms. The molecule has 0 spiro atoms. The van der Waals surface area contributed by atoms with Crippen LogP contribution in [-0.2, 0) is 11.3 Å². The third-order valence-corrected chi connectivity index (χ3v) is 3.26. The molecule has 0 fully saturated rings. The van der Waals surface area contributed by atoms with E-state index in [0.717, 1.165) is 9.35 Å². The average Bonchev–Trinajstić information content (AvgIpc) is 2.47. The lowest BCUT2D eigenvalue weighted by atomic mass is 10.4. The molecule has 1 heterocycles. The summed E-state index contributed by atoms with van der Waals surface area (Å²) in [5.41, 5.74) is 5.23. The van der Waals surface area contributed by atoms with E-state index in [1.165, 1.54) is 0 Å². The highest BCUT2D eigenvalue weighted by Crippen LogP contribution is 2.19. The smallest absolute Gasteiger partial charge is 0.227 e. The zero-order valence-corrected chi connectivity index (χ0v) is 10.5. The summed E-state index contributed by atoms with van der Waals surface area (Å²) in [7, 11) is 0. The molecule has 0 atom stereocenters. The summed E-state index contributed by atoms with van der Waals surface area (Å²) < 4.78 is 1.03. The van der Waals surface area contributed by atoms with Gasteiger partial charge in [-0.3, -0.25) is 4.79 Å². The van der Waals surface area contributed by atoms with E-state index in [0.29, 0.717) is 6.54 Å². The number of thiophene rings is 1. The summed E-state index contributed by atoms with van der Waals surface area (Å²) in [5, 5.41) is 4.69. The van der Waals surface area contributed by atoms with Gasteiger partial charge in [0.15, 0.2) is 0 Å². The lowest BCUT2D eigenvalue weighted by Gasteiger charge is -2.01. The summed E-state index contributed by atoms with van der Waals surface area (Å²) in [6.45, 7) is 0.526. The largest absolute Gasteiger partial charge is 0.393 e. The predicted molar refractivity (Wildman–Crippen MR) is 65.3 cm³/mol. The molecule has 0 aliphatic carbocycles. The second kappa shape index (κ2) is 5.43. The van der Waals surface area contributed by atoms with E-state index in [4.69, 9.17) is 5.73 Å². The van der Waals surface area contributed by atoms with E-state index in [9.17, 15) is 4.79 Å². The Bertz CT molecular complexity index is 351. The Morgan fingerprint density at radius 3 is 2.93 bits per heavy atom. The fourth-order valence-electron chi connectivity index (χ4n) is 0.853. The van der Waals surface area contributed by atoms with Crippen molar-refractivity contribution in [1.82, 2.24) is 5.32 Å². The van der Waals surface area contributed by atoms with Crippen molar-refractivity contribution in [2.45, 2.75) is 13.0 Å². The van der Waals surface area contributed by atoms with E-state index in [-0.39, 0.29) is 17.3 Å². The van der Waals surface area contributed by atoms with Gasteiger partial charge in [-0.15, -0.1) is 11.3 Å². The highest BCUT2D eigenvalue weighted by atomic mass is 79.9. The van der Waals surface area contributed by atoms with E-state index >= 15 is 0 Å². The Balaban J connectivity index is 2.34. The second-order valence-corrected chi connectivity index (χ2v) is 5.09. The maximum Gasteiger partial charge on any atom is 0.227 e. The Hall–Kier alpha value is -0.460. The van der Waals surface area contributed by atoms with Crippen molar-refractivity contribution in [1.29, 1.82) is 0 Å². The van der Waals surface area contributed by atoms with Gasteiger partial charge in [0, 0.05) is 14.7 Å². The lowest BCUT2D eigenvalue weighted by Crippen LogP contribution is -2.26. The minimum atomic E-state index is -0.137. The first-order chi connectivity index (χ1) is 6.58. The maximum absolute atomic E-state index is 11.1. The van der Waals surface area contributed by atoms with E-state index in [1.54, 1.807) is 11.3 Å². The quantitative estimate of drug-likeness (QED) is 0.832. The topological polar surface area (TPSA) is 55.1 Å². The summed E-state index contributed by atoms with van der Waals surface area (Å²) in [4.78, 5) is 12.5. The van der Waals surface area contributed by atoms with Crippen LogP contribution in [0.3, 0.4) is 0 Å². The highest BCUT2D eigenvalue weighted by molar-refractivity contribution is 9.10. The van der Waals surface area contributed by atoms with E-state index in [2.05, 4.69) is 33.5 Å². The zero-order valence-electron chi connectivity index (χ0n) is 7.25. The van der Waals surface area contributed by atoms with Crippen LogP contribution in [0.1, 0.15) is 11.3 Å². The predicted octanol–water partition coefficient (Wildman–Crippen LogP) is 1.80. The number of nitrogens with two attached hydrogens (primary N) is 1. The van der Waals surface area contributed by atoms with Crippen molar-refractivity contribution in [3.8, 4) is 0 Å². The molecule has 1 amide bonds. The average molecular weight is 293 g/mol. The molecular formula is C8H9BrN2OS2. The fraction of sp³-hybridized carbons (Fsp3) is 0.250. The Morgan fingerprint density at radius 1 is 1.71 bits per heavy atom. The van der Waals surface area contributed by atoms with Crippen molar-refractivity contribution < 1.29 is 4.79 Å². The molecule has 1 rings (SSSR count). The summed E-state index contributed by atoms with van der Waals surface area (Å²) in [6, 6.07) is 1.96. The van der Waals surface area contributed by atoms with Gasteiger partial charge in [0.05, 0.1) is 18.0 Å². The molecular weight excluding hydrogens is 284 g/mol. The van der Waals surface area contributed by atoms with Crippen molar-refractivity contribution in [3.63, 3.8) is 0 Å². The van der Waals surface area contributed by atoms with Crippen molar-refractivity contribution in [2.24, 2.45) is 5.73 Å². The molecule has 76 valence electrons. The number of hydrogen-bond acceptors (Lipinski definition) is 3. The van der Waals surface area contributed by atoms with Gasteiger partial charge in [0.25, 0.3) is 0 Å². The molecule has 0 bridgehead atoms. The third-order valence-electron chi connectivity index (χ3n) is 1.42. The van der Waals surface area contributed by atoms with E-state index < -0.39 is 0 Å². The van der Waals surface area contributed by atoms with Gasteiger partial charge in [0.1, 0.15) is 0 Å². The van der Waals surface area contributed by atoms with Gasteiger partial charge in [-0.25, -0.2) is 0 Å². The number of hydrogen-bond donors (Lipinski definition) is 2. The summed E-state index contributed by atoms with van der Waals surface area (Å²) in [6.07, 6.45) is 0.113. The number of rotatable bonds is 4. The molecule has 3 N–H and O–H groups in total. The van der Waals surface area contributed by atoms with Crippen LogP contribution in [0.5, 0.6) is 0 Å². The first kappa shape index (κ1) is 11.6. The van der Waals surface area contributed by atoms with Crippen LogP contribution in [-0.4, -0.2) is 10.9 Å². The van der Waals surface area contributed by atoms with Crippen LogP contribution in [0.25, 0.3) is 0 Å². The molecule has 0 aliphatic rings. The van der Waals surface area contributed by atoms with Gasteiger partial charge in [-0.1, -0.05) is 12.2 Å². The first-order valence-corrected chi connectivity index (χ1v) is 5.94. The Labute approximate surface area is 99.8 Å². The van der Waals surface area contributed by atoms with Crippen LogP contribution in [0.2, 0.25) is 0 Å².